The van der Waals surface area contributed by atoms with Gasteiger partial charge in [-0.1, -0.05) is 72.8 Å². The van der Waals surface area contributed by atoms with Crippen molar-refractivity contribution >= 4 is 16.9 Å². The van der Waals surface area contributed by atoms with E-state index in [0.29, 0.717) is 6.54 Å². The van der Waals surface area contributed by atoms with E-state index in [-0.39, 0.29) is 0 Å². The number of anilines is 1. The predicted molar refractivity (Wildman–Crippen MR) is 98.7 cm³/mol. The van der Waals surface area contributed by atoms with Gasteiger partial charge in [0.05, 0.1) is 11.0 Å². The Bertz CT molecular complexity index is 950. The molecule has 0 aliphatic rings. The van der Waals surface area contributed by atoms with E-state index in [9.17, 15) is 0 Å². The summed E-state index contributed by atoms with van der Waals surface area (Å²) in [6, 6.07) is 28.4. The van der Waals surface area contributed by atoms with Crippen LogP contribution in [-0.4, -0.2) is 9.97 Å². The van der Waals surface area contributed by atoms with Gasteiger partial charge in [0, 0.05) is 12.1 Å². The molecule has 0 fully saturated rings. The van der Waals surface area contributed by atoms with Crippen molar-refractivity contribution < 1.29 is 0 Å². The Morgan fingerprint density at radius 2 is 1.21 bits per heavy atom. The molecule has 3 aromatic carbocycles. The number of aromatic nitrogens is 2. The normalized spacial score (nSPS) is 10.7. The van der Waals surface area contributed by atoms with E-state index in [1.807, 2.05) is 60.7 Å². The Kier molecular flexibility index (Phi) is 3.90. The van der Waals surface area contributed by atoms with E-state index in [4.69, 9.17) is 9.97 Å². The standard InChI is InChI=1S/C21H17N3/c1-3-9-16(10-4-1)15-22-21-20(17-11-5-2-6-12-17)23-18-13-7-8-14-19(18)24-21/h1-14H,15H2,(H,22,24). The van der Waals surface area contributed by atoms with Crippen LogP contribution < -0.4 is 5.32 Å². The second-order valence-electron chi connectivity index (χ2n) is 5.61. The number of hydrogen-bond donors (Lipinski definition) is 1. The first kappa shape index (κ1) is 14.4. The Hall–Kier alpha value is -3.20. The van der Waals surface area contributed by atoms with Crippen LogP contribution in [0, 0.1) is 0 Å². The Balaban J connectivity index is 1.77. The van der Waals surface area contributed by atoms with Gasteiger partial charge in [0.1, 0.15) is 5.69 Å². The van der Waals surface area contributed by atoms with Gasteiger partial charge in [-0.3, -0.25) is 0 Å². The molecule has 0 unspecified atom stereocenters. The highest BCUT2D eigenvalue weighted by Gasteiger charge is 2.10. The number of nitrogens with one attached hydrogen (secondary N) is 1. The molecule has 0 atom stereocenters. The Morgan fingerprint density at radius 1 is 0.625 bits per heavy atom. The fourth-order valence-electron chi connectivity index (χ4n) is 2.70. The molecule has 1 N–H and O–H groups in total. The smallest absolute Gasteiger partial charge is 0.153 e. The summed E-state index contributed by atoms with van der Waals surface area (Å²) >= 11 is 0. The van der Waals surface area contributed by atoms with Crippen LogP contribution in [0.4, 0.5) is 5.82 Å². The number of hydrogen-bond acceptors (Lipinski definition) is 3. The Morgan fingerprint density at radius 3 is 1.92 bits per heavy atom. The molecule has 0 spiro atoms. The number of benzene rings is 3. The highest BCUT2D eigenvalue weighted by molar-refractivity contribution is 5.83. The van der Waals surface area contributed by atoms with E-state index < -0.39 is 0 Å². The van der Waals surface area contributed by atoms with Crippen molar-refractivity contribution in [3.63, 3.8) is 0 Å². The monoisotopic (exact) mass is 311 g/mol. The molecule has 0 bridgehead atoms. The summed E-state index contributed by atoms with van der Waals surface area (Å²) in [4.78, 5) is 9.63. The third kappa shape index (κ3) is 2.97. The summed E-state index contributed by atoms with van der Waals surface area (Å²) in [5.74, 6) is 0.809. The van der Waals surface area contributed by atoms with Crippen molar-refractivity contribution in [3.8, 4) is 11.3 Å². The van der Waals surface area contributed by atoms with E-state index in [0.717, 1.165) is 28.1 Å². The van der Waals surface area contributed by atoms with Gasteiger partial charge in [-0.15, -0.1) is 0 Å². The number of fused-ring (bicyclic) bond motifs is 1. The fourth-order valence-corrected chi connectivity index (χ4v) is 2.70. The summed E-state index contributed by atoms with van der Waals surface area (Å²) in [7, 11) is 0. The molecule has 116 valence electrons. The third-order valence-corrected chi connectivity index (χ3v) is 3.92. The zero-order valence-electron chi connectivity index (χ0n) is 13.2. The Labute approximate surface area is 141 Å². The molecule has 4 aromatic rings. The average molecular weight is 311 g/mol. The molecule has 0 saturated heterocycles. The lowest BCUT2D eigenvalue weighted by Crippen LogP contribution is -2.05. The number of nitrogens with zero attached hydrogens (tertiary/aromatic N) is 2. The van der Waals surface area contributed by atoms with Crippen LogP contribution in [0.25, 0.3) is 22.3 Å². The minimum atomic E-state index is 0.716. The minimum absolute atomic E-state index is 0.716. The molecule has 1 aromatic heterocycles. The minimum Gasteiger partial charge on any atom is -0.364 e. The molecule has 0 aliphatic carbocycles. The lowest BCUT2D eigenvalue weighted by molar-refractivity contribution is 1.11. The van der Waals surface area contributed by atoms with Crippen LogP contribution in [-0.2, 0) is 6.54 Å². The summed E-state index contributed by atoms with van der Waals surface area (Å²) in [5.41, 5.74) is 4.96. The molecule has 0 aliphatic heterocycles. The fraction of sp³-hybridized carbons (Fsp3) is 0.0476. The van der Waals surface area contributed by atoms with Crippen molar-refractivity contribution in [2.24, 2.45) is 0 Å². The van der Waals surface area contributed by atoms with Gasteiger partial charge in [-0.05, 0) is 17.7 Å². The molecular formula is C21H17N3. The maximum Gasteiger partial charge on any atom is 0.153 e. The first-order chi connectivity index (χ1) is 11.9. The van der Waals surface area contributed by atoms with Gasteiger partial charge in [-0.25, -0.2) is 9.97 Å². The summed E-state index contributed by atoms with van der Waals surface area (Å²) in [5, 5.41) is 3.45. The zero-order chi connectivity index (χ0) is 16.2. The first-order valence-corrected chi connectivity index (χ1v) is 8.00. The second kappa shape index (κ2) is 6.50. The second-order valence-corrected chi connectivity index (χ2v) is 5.61. The lowest BCUT2D eigenvalue weighted by Gasteiger charge is -2.12. The van der Waals surface area contributed by atoms with Crippen molar-refractivity contribution in [2.75, 3.05) is 5.32 Å². The topological polar surface area (TPSA) is 37.8 Å². The molecule has 1 heterocycles. The maximum atomic E-state index is 4.83. The summed E-state index contributed by atoms with van der Waals surface area (Å²) in [6.07, 6.45) is 0. The van der Waals surface area contributed by atoms with Gasteiger partial charge < -0.3 is 5.32 Å². The van der Waals surface area contributed by atoms with Crippen LogP contribution in [0.2, 0.25) is 0 Å². The molecule has 4 rings (SSSR count). The molecule has 0 amide bonds. The van der Waals surface area contributed by atoms with Crippen molar-refractivity contribution in [2.45, 2.75) is 6.54 Å². The molecule has 24 heavy (non-hydrogen) atoms. The van der Waals surface area contributed by atoms with Gasteiger partial charge in [0.25, 0.3) is 0 Å². The molecule has 3 heteroatoms. The third-order valence-electron chi connectivity index (χ3n) is 3.92. The number of rotatable bonds is 4. The van der Waals surface area contributed by atoms with E-state index >= 15 is 0 Å². The number of para-hydroxylation sites is 2. The first-order valence-electron chi connectivity index (χ1n) is 8.00. The molecule has 0 radical (unpaired) electrons. The van der Waals surface area contributed by atoms with E-state index in [1.54, 1.807) is 0 Å². The van der Waals surface area contributed by atoms with Crippen LogP contribution >= 0.6 is 0 Å². The van der Waals surface area contributed by atoms with Gasteiger partial charge >= 0.3 is 0 Å². The summed E-state index contributed by atoms with van der Waals surface area (Å²) < 4.78 is 0. The largest absolute Gasteiger partial charge is 0.364 e. The highest BCUT2D eigenvalue weighted by Crippen LogP contribution is 2.27. The van der Waals surface area contributed by atoms with Gasteiger partial charge in [0.15, 0.2) is 5.82 Å². The van der Waals surface area contributed by atoms with E-state index in [2.05, 4.69) is 29.6 Å². The van der Waals surface area contributed by atoms with Crippen molar-refractivity contribution in [1.29, 1.82) is 0 Å². The predicted octanol–water partition coefficient (Wildman–Crippen LogP) is 4.91. The molecule has 0 saturated carbocycles. The lowest BCUT2D eigenvalue weighted by atomic mass is 10.1. The van der Waals surface area contributed by atoms with Crippen LogP contribution in [0.15, 0.2) is 84.9 Å². The van der Waals surface area contributed by atoms with Crippen LogP contribution in [0.1, 0.15) is 5.56 Å². The zero-order valence-corrected chi connectivity index (χ0v) is 13.2. The van der Waals surface area contributed by atoms with Crippen LogP contribution in [0.3, 0.4) is 0 Å². The van der Waals surface area contributed by atoms with Gasteiger partial charge in [0.2, 0.25) is 0 Å². The van der Waals surface area contributed by atoms with Crippen molar-refractivity contribution in [1.82, 2.24) is 9.97 Å². The maximum absolute atomic E-state index is 4.83. The molecular weight excluding hydrogens is 294 g/mol. The average Bonchev–Trinajstić information content (AvgIpc) is 2.67. The SMILES string of the molecule is c1ccc(CNc2nc3ccccc3nc2-c2ccccc2)cc1. The molecule has 3 nitrogen and oxygen atoms in total. The van der Waals surface area contributed by atoms with Gasteiger partial charge in [-0.2, -0.15) is 0 Å². The van der Waals surface area contributed by atoms with Crippen LogP contribution in [0.5, 0.6) is 0 Å². The summed E-state index contributed by atoms with van der Waals surface area (Å²) in [6.45, 7) is 0.716. The quantitative estimate of drug-likeness (QED) is 0.582. The van der Waals surface area contributed by atoms with Crippen molar-refractivity contribution in [3.05, 3.63) is 90.5 Å². The van der Waals surface area contributed by atoms with E-state index in [1.165, 1.54) is 5.56 Å². The highest BCUT2D eigenvalue weighted by atomic mass is 15.0.